The molecular weight excluding hydrogens is 338 g/mol. The zero-order chi connectivity index (χ0) is 19.2. The molecule has 0 spiro atoms. The SMILES string of the molecule is CCC(C)NC(=O)c1cccc(CNC(=O)Cc2c[nH]c3ccccc23)c1. The lowest BCUT2D eigenvalue weighted by molar-refractivity contribution is -0.120. The van der Waals surface area contributed by atoms with Crippen LogP contribution in [-0.4, -0.2) is 22.8 Å². The van der Waals surface area contributed by atoms with Crippen LogP contribution in [0.5, 0.6) is 0 Å². The van der Waals surface area contributed by atoms with Gasteiger partial charge in [0.05, 0.1) is 6.42 Å². The molecule has 0 bridgehead atoms. The van der Waals surface area contributed by atoms with E-state index in [2.05, 4.69) is 15.6 Å². The maximum atomic E-state index is 12.3. The lowest BCUT2D eigenvalue weighted by Crippen LogP contribution is -2.32. The van der Waals surface area contributed by atoms with Gasteiger partial charge in [-0.1, -0.05) is 37.3 Å². The molecular formula is C22H25N3O2. The van der Waals surface area contributed by atoms with Crippen molar-refractivity contribution in [2.45, 2.75) is 39.3 Å². The summed E-state index contributed by atoms with van der Waals surface area (Å²) in [5.41, 5.74) is 3.52. The highest BCUT2D eigenvalue weighted by Gasteiger charge is 2.11. The molecule has 2 amide bonds. The molecule has 0 aliphatic carbocycles. The molecule has 0 saturated carbocycles. The molecule has 1 heterocycles. The number of hydrogen-bond acceptors (Lipinski definition) is 2. The van der Waals surface area contributed by atoms with Gasteiger partial charge in [-0.3, -0.25) is 9.59 Å². The summed E-state index contributed by atoms with van der Waals surface area (Å²) in [6.45, 7) is 4.41. The minimum Gasteiger partial charge on any atom is -0.361 e. The van der Waals surface area contributed by atoms with Crippen LogP contribution in [0.4, 0.5) is 0 Å². The molecule has 1 aromatic heterocycles. The summed E-state index contributed by atoms with van der Waals surface area (Å²) in [6, 6.07) is 15.4. The van der Waals surface area contributed by atoms with E-state index >= 15 is 0 Å². The topological polar surface area (TPSA) is 74.0 Å². The Kier molecular flexibility index (Phi) is 5.91. The van der Waals surface area contributed by atoms with Gasteiger partial charge in [-0.15, -0.1) is 0 Å². The number of amides is 2. The Labute approximate surface area is 159 Å². The fourth-order valence-corrected chi connectivity index (χ4v) is 2.95. The molecule has 0 fully saturated rings. The maximum absolute atomic E-state index is 12.3. The highest BCUT2D eigenvalue weighted by molar-refractivity contribution is 5.94. The van der Waals surface area contributed by atoms with E-state index in [1.165, 1.54) is 0 Å². The van der Waals surface area contributed by atoms with Crippen molar-refractivity contribution in [2.75, 3.05) is 0 Å². The molecule has 0 radical (unpaired) electrons. The zero-order valence-electron chi connectivity index (χ0n) is 15.7. The number of fused-ring (bicyclic) bond motifs is 1. The first-order valence-corrected chi connectivity index (χ1v) is 9.28. The van der Waals surface area contributed by atoms with Crippen molar-refractivity contribution in [3.8, 4) is 0 Å². The van der Waals surface area contributed by atoms with Gasteiger partial charge in [0, 0.05) is 35.2 Å². The standard InChI is InChI=1S/C22H25N3O2/c1-3-15(2)25-22(27)17-8-6-7-16(11-17)13-24-21(26)12-18-14-23-20-10-5-4-9-19(18)20/h4-11,14-15,23H,3,12-13H2,1-2H3,(H,24,26)(H,25,27). The van der Waals surface area contributed by atoms with Crippen molar-refractivity contribution in [1.82, 2.24) is 15.6 Å². The summed E-state index contributed by atoms with van der Waals surface area (Å²) in [5, 5.41) is 6.96. The molecule has 0 aliphatic rings. The average molecular weight is 363 g/mol. The van der Waals surface area contributed by atoms with E-state index in [1.807, 2.05) is 62.5 Å². The van der Waals surface area contributed by atoms with Crippen LogP contribution < -0.4 is 10.6 Å². The number of rotatable bonds is 7. The Morgan fingerprint density at radius 1 is 1.11 bits per heavy atom. The van der Waals surface area contributed by atoms with Gasteiger partial charge in [-0.2, -0.15) is 0 Å². The van der Waals surface area contributed by atoms with Crippen molar-refractivity contribution in [3.05, 3.63) is 71.4 Å². The minimum atomic E-state index is -0.0867. The van der Waals surface area contributed by atoms with Crippen LogP contribution in [0.1, 0.15) is 41.8 Å². The Hall–Kier alpha value is -3.08. The van der Waals surface area contributed by atoms with Crippen LogP contribution in [0.2, 0.25) is 0 Å². The molecule has 1 atom stereocenters. The third kappa shape index (κ3) is 4.76. The number of para-hydroxylation sites is 1. The number of aromatic amines is 1. The number of benzene rings is 2. The summed E-state index contributed by atoms with van der Waals surface area (Å²) in [7, 11) is 0. The predicted octanol–water partition coefficient (Wildman–Crippen LogP) is 3.56. The van der Waals surface area contributed by atoms with E-state index in [1.54, 1.807) is 6.07 Å². The van der Waals surface area contributed by atoms with Crippen LogP contribution in [0, 0.1) is 0 Å². The first kappa shape index (κ1) is 18.7. The number of carbonyl (C=O) groups excluding carboxylic acids is 2. The minimum absolute atomic E-state index is 0.0470. The molecule has 2 aromatic carbocycles. The van der Waals surface area contributed by atoms with E-state index in [0.717, 1.165) is 28.5 Å². The normalized spacial score (nSPS) is 11.9. The van der Waals surface area contributed by atoms with Crippen molar-refractivity contribution in [3.63, 3.8) is 0 Å². The van der Waals surface area contributed by atoms with Gasteiger partial charge < -0.3 is 15.6 Å². The van der Waals surface area contributed by atoms with Crippen LogP contribution in [0.3, 0.4) is 0 Å². The van der Waals surface area contributed by atoms with Crippen molar-refractivity contribution >= 4 is 22.7 Å². The van der Waals surface area contributed by atoms with Crippen molar-refractivity contribution < 1.29 is 9.59 Å². The largest absolute Gasteiger partial charge is 0.361 e. The summed E-state index contributed by atoms with van der Waals surface area (Å²) < 4.78 is 0. The molecule has 5 nitrogen and oxygen atoms in total. The van der Waals surface area contributed by atoms with E-state index in [4.69, 9.17) is 0 Å². The van der Waals surface area contributed by atoms with Crippen molar-refractivity contribution in [2.24, 2.45) is 0 Å². The van der Waals surface area contributed by atoms with Crippen LogP contribution >= 0.6 is 0 Å². The smallest absolute Gasteiger partial charge is 0.251 e. The maximum Gasteiger partial charge on any atom is 0.251 e. The fraction of sp³-hybridized carbons (Fsp3) is 0.273. The van der Waals surface area contributed by atoms with E-state index in [-0.39, 0.29) is 17.9 Å². The third-order valence-electron chi connectivity index (χ3n) is 4.69. The molecule has 0 saturated heterocycles. The summed E-state index contributed by atoms with van der Waals surface area (Å²) >= 11 is 0. The average Bonchev–Trinajstić information content (AvgIpc) is 3.09. The zero-order valence-corrected chi connectivity index (χ0v) is 15.7. The van der Waals surface area contributed by atoms with Gasteiger partial charge in [0.1, 0.15) is 0 Å². The van der Waals surface area contributed by atoms with Crippen LogP contribution in [0.25, 0.3) is 10.9 Å². The van der Waals surface area contributed by atoms with Gasteiger partial charge in [-0.05, 0) is 42.7 Å². The summed E-state index contributed by atoms with van der Waals surface area (Å²) in [4.78, 5) is 27.7. The summed E-state index contributed by atoms with van der Waals surface area (Å²) in [5.74, 6) is -0.134. The fourth-order valence-electron chi connectivity index (χ4n) is 2.95. The second kappa shape index (κ2) is 8.54. The number of hydrogen-bond donors (Lipinski definition) is 3. The second-order valence-corrected chi connectivity index (χ2v) is 6.80. The molecule has 3 N–H and O–H groups in total. The first-order chi connectivity index (χ1) is 13.1. The Bertz CT molecular complexity index is 945. The monoisotopic (exact) mass is 363 g/mol. The number of nitrogens with one attached hydrogen (secondary N) is 3. The molecule has 0 aliphatic heterocycles. The first-order valence-electron chi connectivity index (χ1n) is 9.28. The third-order valence-corrected chi connectivity index (χ3v) is 4.69. The van der Waals surface area contributed by atoms with Gasteiger partial charge in [0.25, 0.3) is 5.91 Å². The van der Waals surface area contributed by atoms with Crippen molar-refractivity contribution in [1.29, 1.82) is 0 Å². The van der Waals surface area contributed by atoms with Gasteiger partial charge in [0.15, 0.2) is 0 Å². The molecule has 3 aromatic rings. The summed E-state index contributed by atoms with van der Waals surface area (Å²) in [6.07, 6.45) is 3.08. The highest BCUT2D eigenvalue weighted by Crippen LogP contribution is 2.18. The lowest BCUT2D eigenvalue weighted by Gasteiger charge is -2.12. The van der Waals surface area contributed by atoms with Gasteiger partial charge >= 0.3 is 0 Å². The molecule has 3 rings (SSSR count). The van der Waals surface area contributed by atoms with Crippen LogP contribution in [-0.2, 0) is 17.8 Å². The number of carbonyl (C=O) groups is 2. The van der Waals surface area contributed by atoms with Gasteiger partial charge in [-0.25, -0.2) is 0 Å². The van der Waals surface area contributed by atoms with Gasteiger partial charge in [0.2, 0.25) is 5.91 Å². The Morgan fingerprint density at radius 2 is 1.93 bits per heavy atom. The quantitative estimate of drug-likeness (QED) is 0.600. The van der Waals surface area contributed by atoms with E-state index in [0.29, 0.717) is 18.5 Å². The van der Waals surface area contributed by atoms with E-state index in [9.17, 15) is 9.59 Å². The Balaban J connectivity index is 1.59. The number of H-pyrrole nitrogens is 1. The van der Waals surface area contributed by atoms with E-state index < -0.39 is 0 Å². The predicted molar refractivity (Wildman–Crippen MR) is 108 cm³/mol. The number of aromatic nitrogens is 1. The van der Waals surface area contributed by atoms with Crippen LogP contribution in [0.15, 0.2) is 54.7 Å². The second-order valence-electron chi connectivity index (χ2n) is 6.80. The molecule has 1 unspecified atom stereocenters. The molecule has 5 heteroatoms. The molecule has 140 valence electrons. The highest BCUT2D eigenvalue weighted by atomic mass is 16.2. The Morgan fingerprint density at radius 3 is 2.74 bits per heavy atom. The molecule has 27 heavy (non-hydrogen) atoms. The lowest BCUT2D eigenvalue weighted by atomic mass is 10.1.